The first-order chi connectivity index (χ1) is 4.63. The van der Waals surface area contributed by atoms with E-state index < -0.39 is 0 Å². The number of nitrogens with one attached hydrogen (secondary N) is 1. The summed E-state index contributed by atoms with van der Waals surface area (Å²) >= 11 is 18.0. The molecule has 0 bridgehead atoms. The summed E-state index contributed by atoms with van der Waals surface area (Å²) in [5.74, 6) is 0. The number of thiocarbonyl (C=S) groups is 2. The third-order valence-corrected chi connectivity index (χ3v) is 1.54. The Morgan fingerprint density at radius 1 is 1.42 bits per heavy atom. The molecule has 1 radical (unpaired) electrons. The molecule has 12 heavy (non-hydrogen) atoms. The van der Waals surface area contributed by atoms with Crippen molar-refractivity contribution >= 4 is 58.2 Å². The average Bonchev–Trinajstić information content (AvgIpc) is 1.79. The topological polar surface area (TPSA) is 12.0 Å². The second kappa shape index (κ2) is 12.1. The van der Waals surface area contributed by atoms with E-state index in [2.05, 4.69) is 30.2 Å². The van der Waals surface area contributed by atoms with Gasteiger partial charge in [0.15, 0.2) is 0 Å². The molecular formula is C6H12MnNS4+. The van der Waals surface area contributed by atoms with E-state index in [0.29, 0.717) is 8.52 Å². The Balaban J connectivity index is -0.000000405. The molecule has 0 aromatic heterocycles. The van der Waals surface area contributed by atoms with Crippen LogP contribution in [0.1, 0.15) is 20.3 Å². The van der Waals surface area contributed by atoms with Crippen LogP contribution < -0.4 is 5.32 Å². The van der Waals surface area contributed by atoms with Gasteiger partial charge in [-0.2, -0.15) is 4.20 Å². The summed E-state index contributed by atoms with van der Waals surface area (Å²) in [5, 5.41) is 2.89. The van der Waals surface area contributed by atoms with Gasteiger partial charge in [0.25, 0.3) is 0 Å². The standard InChI is InChI=1S/C5H9NS4.CH4.Mn/c7-4(8)2-1-3-6-5(9)10;;/h1-3H2,(H,7,8)(H2,6,9,10);1H4;/q;;+2/p-1. The van der Waals surface area contributed by atoms with Gasteiger partial charge in [-0.05, 0) is 12.8 Å². The largest absolute Gasteiger partial charge is 2.00 e. The normalized spacial score (nSPS) is 7.42. The fourth-order valence-corrected chi connectivity index (χ4v) is 0.931. The molecule has 0 aliphatic rings. The summed E-state index contributed by atoms with van der Waals surface area (Å²) in [6.07, 6.45) is 1.73. The maximum Gasteiger partial charge on any atom is 2.00 e. The van der Waals surface area contributed by atoms with E-state index >= 15 is 0 Å². The van der Waals surface area contributed by atoms with Gasteiger partial charge in [0.05, 0.1) is 0 Å². The Hall–Kier alpha value is 1.07. The van der Waals surface area contributed by atoms with Gasteiger partial charge in [0, 0.05) is 6.54 Å². The predicted molar refractivity (Wildman–Crippen MR) is 65.5 cm³/mol. The van der Waals surface area contributed by atoms with Crippen molar-refractivity contribution in [3.05, 3.63) is 0 Å². The van der Waals surface area contributed by atoms with Crippen molar-refractivity contribution in [2.24, 2.45) is 0 Å². The SMILES string of the molecule is C.S=C([S-])CCCNC(=S)S.[Mn+2]. The third-order valence-electron chi connectivity index (χ3n) is 0.834. The summed E-state index contributed by atoms with van der Waals surface area (Å²) in [7, 11) is 0. The molecule has 0 heterocycles. The maximum absolute atomic E-state index is 4.71. The molecule has 0 aromatic carbocycles. The van der Waals surface area contributed by atoms with Crippen LogP contribution in [0.25, 0.3) is 0 Å². The second-order valence-corrected chi connectivity index (χ2v) is 4.11. The third kappa shape index (κ3) is 17.2. The molecule has 0 fully saturated rings. The van der Waals surface area contributed by atoms with Crippen LogP contribution in [0.2, 0.25) is 0 Å². The van der Waals surface area contributed by atoms with E-state index in [1.807, 2.05) is 0 Å². The molecule has 0 atom stereocenters. The quantitative estimate of drug-likeness (QED) is 0.269. The van der Waals surface area contributed by atoms with E-state index in [4.69, 9.17) is 24.8 Å². The molecule has 71 valence electrons. The van der Waals surface area contributed by atoms with Gasteiger partial charge in [-0.3, -0.25) is 0 Å². The number of hydrogen-bond acceptors (Lipinski definition) is 3. The van der Waals surface area contributed by atoms with Crippen molar-refractivity contribution in [1.82, 2.24) is 5.32 Å². The van der Waals surface area contributed by atoms with Gasteiger partial charge in [0.1, 0.15) is 4.32 Å². The van der Waals surface area contributed by atoms with E-state index in [1.54, 1.807) is 0 Å². The molecule has 0 amide bonds. The predicted octanol–water partition coefficient (Wildman–Crippen LogP) is 2.08. The summed E-state index contributed by atoms with van der Waals surface area (Å²) in [6.45, 7) is 0.805. The Bertz CT molecular complexity index is 124. The van der Waals surface area contributed by atoms with Crippen molar-refractivity contribution in [2.75, 3.05) is 6.54 Å². The number of rotatable bonds is 4. The molecule has 0 aromatic rings. The van der Waals surface area contributed by atoms with Crippen LogP contribution in [-0.4, -0.2) is 15.1 Å². The Labute approximate surface area is 107 Å². The molecule has 0 rings (SSSR count). The fraction of sp³-hybridized carbons (Fsp3) is 0.667. The zero-order valence-corrected chi connectivity index (χ0v) is 10.2. The average molecular weight is 281 g/mol. The maximum atomic E-state index is 4.71. The summed E-state index contributed by atoms with van der Waals surface area (Å²) in [5.41, 5.74) is 0. The van der Waals surface area contributed by atoms with E-state index in [-0.39, 0.29) is 24.5 Å². The van der Waals surface area contributed by atoms with Gasteiger partial charge < -0.3 is 30.2 Å². The van der Waals surface area contributed by atoms with Crippen LogP contribution in [0.3, 0.4) is 0 Å². The Morgan fingerprint density at radius 3 is 2.25 bits per heavy atom. The van der Waals surface area contributed by atoms with Crippen LogP contribution in [-0.2, 0) is 29.7 Å². The zero-order valence-electron chi connectivity index (χ0n) is 5.67. The van der Waals surface area contributed by atoms with Crippen LogP contribution >= 0.6 is 37.1 Å². The molecule has 0 aliphatic heterocycles. The van der Waals surface area contributed by atoms with Gasteiger partial charge in [0.2, 0.25) is 0 Å². The van der Waals surface area contributed by atoms with E-state index in [9.17, 15) is 0 Å². The van der Waals surface area contributed by atoms with E-state index in [0.717, 1.165) is 19.4 Å². The van der Waals surface area contributed by atoms with Crippen molar-refractivity contribution in [2.45, 2.75) is 20.3 Å². The smallest absolute Gasteiger partial charge is 0.433 e. The molecular weight excluding hydrogens is 269 g/mol. The fourth-order valence-electron chi connectivity index (χ4n) is 0.428. The molecule has 1 nitrogen and oxygen atoms in total. The molecule has 0 spiro atoms. The van der Waals surface area contributed by atoms with Crippen molar-refractivity contribution in [3.8, 4) is 0 Å². The summed E-state index contributed by atoms with van der Waals surface area (Å²) in [4.78, 5) is 0. The monoisotopic (exact) mass is 281 g/mol. The molecule has 0 saturated heterocycles. The minimum atomic E-state index is 0. The minimum absolute atomic E-state index is 0. The van der Waals surface area contributed by atoms with Crippen LogP contribution in [0.5, 0.6) is 0 Å². The Kier molecular flexibility index (Phi) is 18.9. The first kappa shape index (κ1) is 18.8. The first-order valence-electron chi connectivity index (χ1n) is 2.79. The number of thiol groups is 1. The molecule has 0 aliphatic carbocycles. The van der Waals surface area contributed by atoms with Crippen LogP contribution in [0.4, 0.5) is 0 Å². The molecule has 0 unspecified atom stereocenters. The van der Waals surface area contributed by atoms with Gasteiger partial charge in [-0.25, -0.2) is 0 Å². The first-order valence-corrected chi connectivity index (χ1v) is 4.47. The van der Waals surface area contributed by atoms with Crippen molar-refractivity contribution in [1.29, 1.82) is 0 Å². The zero-order chi connectivity index (χ0) is 7.98. The Morgan fingerprint density at radius 2 is 1.92 bits per heavy atom. The van der Waals surface area contributed by atoms with Gasteiger partial charge >= 0.3 is 17.1 Å². The van der Waals surface area contributed by atoms with Crippen LogP contribution in [0, 0.1) is 0 Å². The van der Waals surface area contributed by atoms with Gasteiger partial charge in [-0.15, -0.1) is 12.6 Å². The van der Waals surface area contributed by atoms with E-state index in [1.165, 1.54) is 0 Å². The van der Waals surface area contributed by atoms with Crippen molar-refractivity contribution in [3.63, 3.8) is 0 Å². The van der Waals surface area contributed by atoms with Gasteiger partial charge in [-0.1, -0.05) is 19.6 Å². The van der Waals surface area contributed by atoms with Crippen molar-refractivity contribution < 1.29 is 17.1 Å². The summed E-state index contributed by atoms with van der Waals surface area (Å²) in [6, 6.07) is 0. The molecule has 0 saturated carbocycles. The molecule has 6 heteroatoms. The number of hydrogen-bond donors (Lipinski definition) is 2. The summed E-state index contributed by atoms with van der Waals surface area (Å²) < 4.78 is 1.15. The van der Waals surface area contributed by atoms with Crippen LogP contribution in [0.15, 0.2) is 0 Å². The second-order valence-electron chi connectivity index (χ2n) is 1.71. The minimum Gasteiger partial charge on any atom is -0.433 e. The molecule has 1 N–H and O–H groups in total.